The van der Waals surface area contributed by atoms with Crippen LogP contribution in [0.1, 0.15) is 32.0 Å². The van der Waals surface area contributed by atoms with Crippen molar-refractivity contribution in [3.8, 4) is 0 Å². The van der Waals surface area contributed by atoms with E-state index >= 15 is 0 Å². The summed E-state index contributed by atoms with van der Waals surface area (Å²) in [5.41, 5.74) is -2.67. The van der Waals surface area contributed by atoms with Crippen LogP contribution in [0.25, 0.3) is 10.9 Å². The van der Waals surface area contributed by atoms with E-state index < -0.39 is 29.6 Å². The number of carbonyl (C=O) groups is 2. The second-order valence-electron chi connectivity index (χ2n) is 7.26. The molecule has 2 heterocycles. The zero-order chi connectivity index (χ0) is 21.7. The Kier molecular flexibility index (Phi) is 5.01. The fourth-order valence-corrected chi connectivity index (χ4v) is 4.13. The summed E-state index contributed by atoms with van der Waals surface area (Å²) in [6, 6.07) is 6.51. The van der Waals surface area contributed by atoms with Crippen LogP contribution in [-0.2, 0) is 31.7 Å². The highest BCUT2D eigenvalue weighted by Crippen LogP contribution is 2.57. The van der Waals surface area contributed by atoms with Gasteiger partial charge in [0.2, 0.25) is 0 Å². The summed E-state index contributed by atoms with van der Waals surface area (Å²) in [5.74, 6) is -4.25. The van der Waals surface area contributed by atoms with E-state index in [0.717, 1.165) is 0 Å². The van der Waals surface area contributed by atoms with Crippen LogP contribution in [-0.4, -0.2) is 29.3 Å². The van der Waals surface area contributed by atoms with Gasteiger partial charge in [-0.3, -0.25) is 4.79 Å². The van der Waals surface area contributed by atoms with Gasteiger partial charge in [0.05, 0.1) is 12.2 Å². The first-order valence-corrected chi connectivity index (χ1v) is 9.17. The molecular formula is C21H22F3NO4. The Hall–Kier alpha value is -2.77. The van der Waals surface area contributed by atoms with E-state index in [9.17, 15) is 22.8 Å². The van der Waals surface area contributed by atoms with Gasteiger partial charge in [-0.05, 0) is 33.8 Å². The standard InChI is InChI=1S/C21H22F3NO4/c1-6-28-19(27)17-15(11(2)3)18(26)29-20(17,21(22,23)24)16-12(4)25(5)14-10-8-7-9-13(14)16/h7-10,17H,6H2,1-5H3/t17-,20-/m1/s1. The molecule has 1 aliphatic rings. The topological polar surface area (TPSA) is 57.5 Å². The number of alkyl halides is 3. The minimum Gasteiger partial charge on any atom is -0.465 e. The lowest BCUT2D eigenvalue weighted by molar-refractivity contribution is -0.276. The zero-order valence-corrected chi connectivity index (χ0v) is 16.8. The molecular weight excluding hydrogens is 387 g/mol. The van der Waals surface area contributed by atoms with Crippen LogP contribution in [0, 0.1) is 12.8 Å². The number of cyclic esters (lactones) is 1. The molecule has 2 aromatic rings. The van der Waals surface area contributed by atoms with Crippen LogP contribution in [0.2, 0.25) is 0 Å². The van der Waals surface area contributed by atoms with E-state index in [0.29, 0.717) is 5.52 Å². The van der Waals surface area contributed by atoms with Gasteiger partial charge in [0.25, 0.3) is 5.60 Å². The number of esters is 2. The number of aromatic nitrogens is 1. The number of hydrogen-bond donors (Lipinski definition) is 0. The molecule has 0 saturated carbocycles. The van der Waals surface area contributed by atoms with Gasteiger partial charge in [-0.25, -0.2) is 4.79 Å². The second-order valence-corrected chi connectivity index (χ2v) is 7.26. The molecule has 8 heteroatoms. The Balaban J connectivity index is 2.49. The molecule has 0 radical (unpaired) electrons. The quantitative estimate of drug-likeness (QED) is 0.560. The maximum absolute atomic E-state index is 14.8. The van der Waals surface area contributed by atoms with E-state index in [1.165, 1.54) is 33.8 Å². The fraction of sp³-hybridized carbons (Fsp3) is 0.429. The highest BCUT2D eigenvalue weighted by atomic mass is 19.4. The SMILES string of the molecule is CCOC(=O)[C@H]1C(=C(C)C)C(=O)O[C@@]1(c1c(C)n(C)c2ccccc12)C(F)(F)F. The minimum absolute atomic E-state index is 0.123. The van der Waals surface area contributed by atoms with Crippen molar-refractivity contribution in [3.05, 3.63) is 46.7 Å². The third kappa shape index (κ3) is 2.84. The summed E-state index contributed by atoms with van der Waals surface area (Å²) in [7, 11) is 1.63. The number of para-hydroxylation sites is 1. The van der Waals surface area contributed by atoms with Crippen molar-refractivity contribution in [1.82, 2.24) is 4.57 Å². The molecule has 0 unspecified atom stereocenters. The molecule has 0 aliphatic carbocycles. The number of halogens is 3. The van der Waals surface area contributed by atoms with Crippen LogP contribution in [0.4, 0.5) is 13.2 Å². The molecule has 5 nitrogen and oxygen atoms in total. The number of fused-ring (bicyclic) bond motifs is 1. The van der Waals surface area contributed by atoms with Gasteiger partial charge in [-0.15, -0.1) is 0 Å². The lowest BCUT2D eigenvalue weighted by Gasteiger charge is -2.34. The Morgan fingerprint density at radius 2 is 1.90 bits per heavy atom. The summed E-state index contributed by atoms with van der Waals surface area (Å²) < 4.78 is 56.0. The molecule has 156 valence electrons. The smallest absolute Gasteiger partial charge is 0.434 e. The zero-order valence-electron chi connectivity index (χ0n) is 16.8. The average Bonchev–Trinajstić information content (AvgIpc) is 3.08. The minimum atomic E-state index is -5.06. The predicted molar refractivity (Wildman–Crippen MR) is 100.0 cm³/mol. The van der Waals surface area contributed by atoms with E-state index in [2.05, 4.69) is 0 Å². The third-order valence-electron chi connectivity index (χ3n) is 5.42. The molecule has 1 aromatic heterocycles. The summed E-state index contributed by atoms with van der Waals surface area (Å²) in [4.78, 5) is 25.4. The Labute approximate surface area is 166 Å². The molecule has 1 aromatic carbocycles. The first-order valence-electron chi connectivity index (χ1n) is 9.17. The molecule has 1 aliphatic heterocycles. The van der Waals surface area contributed by atoms with Crippen molar-refractivity contribution in [2.75, 3.05) is 6.61 Å². The monoisotopic (exact) mass is 409 g/mol. The lowest BCUT2D eigenvalue weighted by atomic mass is 9.76. The van der Waals surface area contributed by atoms with Gasteiger partial charge in [-0.2, -0.15) is 13.2 Å². The van der Waals surface area contributed by atoms with Crippen LogP contribution in [0.15, 0.2) is 35.4 Å². The molecule has 0 spiro atoms. The average molecular weight is 409 g/mol. The number of rotatable bonds is 3. The van der Waals surface area contributed by atoms with Crippen LogP contribution < -0.4 is 0 Å². The summed E-state index contributed by atoms with van der Waals surface area (Å²) in [6.07, 6.45) is -5.06. The maximum Gasteiger partial charge on any atom is 0.434 e. The Morgan fingerprint density at radius 3 is 2.45 bits per heavy atom. The summed E-state index contributed by atoms with van der Waals surface area (Å²) >= 11 is 0. The Morgan fingerprint density at radius 1 is 1.28 bits per heavy atom. The third-order valence-corrected chi connectivity index (χ3v) is 5.42. The summed E-state index contributed by atoms with van der Waals surface area (Å²) in [6.45, 7) is 5.84. The number of ether oxygens (including phenoxy) is 2. The van der Waals surface area contributed by atoms with Crippen molar-refractivity contribution in [3.63, 3.8) is 0 Å². The molecule has 1 saturated heterocycles. The Bertz CT molecular complexity index is 1030. The van der Waals surface area contributed by atoms with E-state index in [1.807, 2.05) is 0 Å². The number of hydrogen-bond acceptors (Lipinski definition) is 4. The largest absolute Gasteiger partial charge is 0.465 e. The van der Waals surface area contributed by atoms with Crippen molar-refractivity contribution in [2.45, 2.75) is 39.5 Å². The van der Waals surface area contributed by atoms with Crippen LogP contribution >= 0.6 is 0 Å². The molecule has 29 heavy (non-hydrogen) atoms. The van der Waals surface area contributed by atoms with Gasteiger partial charge >= 0.3 is 18.1 Å². The number of nitrogens with zero attached hydrogens (tertiary/aromatic N) is 1. The van der Waals surface area contributed by atoms with Gasteiger partial charge in [0.15, 0.2) is 0 Å². The van der Waals surface area contributed by atoms with Crippen molar-refractivity contribution in [2.24, 2.45) is 13.0 Å². The number of carbonyl (C=O) groups excluding carboxylic acids is 2. The summed E-state index contributed by atoms with van der Waals surface area (Å²) in [5, 5.41) is 0.266. The van der Waals surface area contributed by atoms with Gasteiger partial charge in [0, 0.05) is 29.2 Å². The highest BCUT2D eigenvalue weighted by Gasteiger charge is 2.73. The molecule has 2 atom stereocenters. The maximum atomic E-state index is 14.8. The van der Waals surface area contributed by atoms with Gasteiger partial charge in [0.1, 0.15) is 5.92 Å². The highest BCUT2D eigenvalue weighted by molar-refractivity contribution is 6.02. The van der Waals surface area contributed by atoms with Crippen molar-refractivity contribution < 1.29 is 32.2 Å². The first-order chi connectivity index (χ1) is 13.5. The van der Waals surface area contributed by atoms with E-state index in [1.54, 1.807) is 29.8 Å². The van der Waals surface area contributed by atoms with Gasteiger partial charge in [-0.1, -0.05) is 23.8 Å². The number of allylic oxidation sites excluding steroid dienone is 1. The number of aryl methyl sites for hydroxylation is 1. The normalized spacial score (nSPS) is 22.1. The first kappa shape index (κ1) is 21.0. The lowest BCUT2D eigenvalue weighted by Crippen LogP contribution is -2.50. The van der Waals surface area contributed by atoms with E-state index in [-0.39, 0.29) is 34.4 Å². The van der Waals surface area contributed by atoms with Crippen molar-refractivity contribution in [1.29, 1.82) is 0 Å². The number of benzene rings is 1. The van der Waals surface area contributed by atoms with Gasteiger partial charge < -0.3 is 14.0 Å². The molecule has 0 N–H and O–H groups in total. The molecule has 0 amide bonds. The van der Waals surface area contributed by atoms with Crippen molar-refractivity contribution >= 4 is 22.8 Å². The van der Waals surface area contributed by atoms with Crippen LogP contribution in [0.3, 0.4) is 0 Å². The molecule has 0 bridgehead atoms. The molecule has 3 rings (SSSR count). The van der Waals surface area contributed by atoms with Crippen LogP contribution in [0.5, 0.6) is 0 Å². The second kappa shape index (κ2) is 6.93. The predicted octanol–water partition coefficient (Wildman–Crippen LogP) is 4.32. The fourth-order valence-electron chi connectivity index (χ4n) is 4.13. The van der Waals surface area contributed by atoms with E-state index in [4.69, 9.17) is 9.47 Å². The molecule has 1 fully saturated rings.